The summed E-state index contributed by atoms with van der Waals surface area (Å²) in [7, 11) is 1.48. The molecule has 0 amide bonds. The Bertz CT molecular complexity index is 2620. The van der Waals surface area contributed by atoms with Crippen molar-refractivity contribution in [2.24, 2.45) is 0 Å². The molecule has 0 saturated heterocycles. The molecular weight excluding hydrogens is 656 g/mol. The Kier molecular flexibility index (Phi) is 8.10. The highest BCUT2D eigenvalue weighted by Gasteiger charge is 2.34. The van der Waals surface area contributed by atoms with Gasteiger partial charge < -0.3 is 25.3 Å². The molecule has 0 fully saturated rings. The first-order valence-electron chi connectivity index (χ1n) is 14.5. The third-order valence-corrected chi connectivity index (χ3v) is 7.71. The van der Waals surface area contributed by atoms with Crippen LogP contribution in [0.5, 0.6) is 23.0 Å². The maximum absolute atomic E-state index is 11.2. The number of phenols is 3. The summed E-state index contributed by atoms with van der Waals surface area (Å²) in [6.07, 6.45) is 0. The third kappa shape index (κ3) is 5.23. The maximum atomic E-state index is 11.2. The second-order valence-corrected chi connectivity index (χ2v) is 10.6. The molecule has 252 valence electrons. The highest BCUT2D eigenvalue weighted by Crippen LogP contribution is 2.26. The number of benzene rings is 5. The molecule has 3 aromatic heterocycles. The predicted octanol–water partition coefficient (Wildman–Crippen LogP) is 0.400. The fourth-order valence-corrected chi connectivity index (χ4v) is 5.42. The molecule has 0 radical (unpaired) electrons. The van der Waals surface area contributed by atoms with Crippen LogP contribution in [0.3, 0.4) is 0 Å². The van der Waals surface area contributed by atoms with Gasteiger partial charge in [0, 0.05) is 54.4 Å². The minimum atomic E-state index is -0.178. The Balaban J connectivity index is 0.000000132. The van der Waals surface area contributed by atoms with E-state index in [9.17, 15) is 46.3 Å². The summed E-state index contributed by atoms with van der Waals surface area (Å²) in [6.45, 7) is 0. The molecule has 0 aliphatic rings. The fraction of sp³-hybridized carbons (Fsp3) is 0.0312. The van der Waals surface area contributed by atoms with Crippen LogP contribution in [-0.2, 0) is 0 Å². The van der Waals surface area contributed by atoms with Gasteiger partial charge in [0.05, 0.1) is 12.0 Å². The summed E-state index contributed by atoms with van der Waals surface area (Å²) in [4.78, 5) is 11.2. The number of nitrogen functional groups attached to an aromatic ring is 1. The first-order valence-corrected chi connectivity index (χ1v) is 14.5. The molecule has 0 aliphatic heterocycles. The van der Waals surface area contributed by atoms with Crippen molar-refractivity contribution < 1.29 is 74.3 Å². The molecule has 0 bridgehead atoms. The number of methoxy groups -OCH3 is 1. The van der Waals surface area contributed by atoms with Gasteiger partial charge in [-0.25, -0.2) is 0 Å². The van der Waals surface area contributed by atoms with Crippen LogP contribution in [0.4, 0.5) is 5.95 Å². The van der Waals surface area contributed by atoms with E-state index in [1.54, 1.807) is 54.6 Å². The zero-order valence-electron chi connectivity index (χ0n) is 25.9. The second-order valence-electron chi connectivity index (χ2n) is 10.6. The Morgan fingerprint density at radius 1 is 0.500 bits per heavy atom. The van der Waals surface area contributed by atoms with Crippen molar-refractivity contribution >= 4 is 61.1 Å². The van der Waals surface area contributed by atoms with Crippen molar-refractivity contribution in [2.75, 3.05) is 12.8 Å². The number of rotatable bonds is 1. The van der Waals surface area contributed by atoms with Crippen molar-refractivity contribution in [3.63, 3.8) is 0 Å². The predicted molar refractivity (Wildman–Crippen MR) is 167 cm³/mol. The summed E-state index contributed by atoms with van der Waals surface area (Å²) >= 11 is 0. The van der Waals surface area contributed by atoms with Gasteiger partial charge in [-0.3, -0.25) is 26.6 Å². The van der Waals surface area contributed by atoms with E-state index in [0.29, 0.717) is 32.4 Å². The molecule has 0 atom stereocenters. The average molecular weight is 687 g/mol. The van der Waals surface area contributed by atoms with Gasteiger partial charge in [0.15, 0.2) is 0 Å². The van der Waals surface area contributed by atoms with Gasteiger partial charge in [-0.1, -0.05) is 36.4 Å². The first kappa shape index (κ1) is 32.3. The number of para-hydroxylation sites is 6. The van der Waals surface area contributed by atoms with Gasteiger partial charge in [0.25, 0.3) is 0 Å². The molecule has 0 spiro atoms. The molecule has 0 aliphatic carbocycles. The van der Waals surface area contributed by atoms with Crippen molar-refractivity contribution in [1.29, 1.82) is 0 Å². The lowest BCUT2D eigenvalue weighted by Crippen LogP contribution is -2.42. The van der Waals surface area contributed by atoms with Crippen LogP contribution in [0.2, 0.25) is 0 Å². The lowest BCUT2D eigenvalue weighted by molar-refractivity contribution is -0.895. The van der Waals surface area contributed by atoms with E-state index in [4.69, 9.17) is 10.5 Å². The normalized spacial score (nSPS) is 10.9. The summed E-state index contributed by atoms with van der Waals surface area (Å²) < 4.78 is 9.57. The second kappa shape index (κ2) is 12.5. The van der Waals surface area contributed by atoms with Crippen LogP contribution in [0, 0.1) is 4.91 Å². The van der Waals surface area contributed by atoms with E-state index >= 15 is 0 Å². The summed E-state index contributed by atoms with van der Waals surface area (Å²) in [5.41, 5.74) is 7.46. The average Bonchev–Trinajstić information content (AvgIpc) is 3.12. The number of fused-ring (bicyclic) bond motifs is 5. The number of nitrogens with two attached hydrogens (primary N) is 1. The minimum Gasteiger partial charge on any atom is -0.502 e. The van der Waals surface area contributed by atoms with Gasteiger partial charge in [0.2, 0.25) is 33.1 Å². The van der Waals surface area contributed by atoms with Gasteiger partial charge >= 0.3 is 55.6 Å². The maximum Gasteiger partial charge on any atom is 0.447 e. The van der Waals surface area contributed by atoms with Crippen molar-refractivity contribution in [1.82, 2.24) is 5.10 Å². The van der Waals surface area contributed by atoms with Gasteiger partial charge in [-0.15, -0.1) is 0 Å². The van der Waals surface area contributed by atoms with E-state index in [0.717, 1.165) is 23.7 Å². The number of H-pyrrole nitrogens is 1. The minimum absolute atomic E-state index is 0.0538. The van der Waals surface area contributed by atoms with E-state index in [-0.39, 0.29) is 56.3 Å². The zero-order valence-corrected chi connectivity index (χ0v) is 25.9. The molecule has 50 heavy (non-hydrogen) atoms. The first-order chi connectivity index (χ1) is 24.0. The Hall–Kier alpha value is -7.63. The van der Waals surface area contributed by atoms with Crippen molar-refractivity contribution in [3.05, 3.63) is 102 Å². The van der Waals surface area contributed by atoms with Crippen molar-refractivity contribution in [2.45, 2.75) is 0 Å². The number of anilines is 1. The Labute approximate surface area is 278 Å². The molecule has 0 unspecified atom stereocenters. The molecule has 11 N–H and O–H groups in total. The molecule has 18 nitrogen and oxygen atoms in total. The van der Waals surface area contributed by atoms with Gasteiger partial charge in [-0.2, -0.15) is 0 Å². The number of aromatic amines is 1. The number of hydrogen-bond acceptors (Lipinski definition) is 11. The zero-order chi connectivity index (χ0) is 35.9. The number of hydrogen-bond donors (Lipinski definition) is 10. The van der Waals surface area contributed by atoms with E-state index in [1.807, 2.05) is 0 Å². The number of nitrogens with one attached hydrogen (secondary N) is 1. The molecule has 8 rings (SSSR count). The Morgan fingerprint density at radius 3 is 1.30 bits per heavy atom. The molecular formula is C32H30N8O10+6. The molecule has 18 heteroatoms. The highest BCUT2D eigenvalue weighted by atomic mass is 16.5. The fourth-order valence-electron chi connectivity index (χ4n) is 5.42. The molecule has 3 heterocycles. The highest BCUT2D eigenvalue weighted by molar-refractivity contribution is 5.83. The van der Waals surface area contributed by atoms with Crippen LogP contribution in [0.25, 0.3) is 55.2 Å². The Morgan fingerprint density at radius 2 is 0.860 bits per heavy atom. The van der Waals surface area contributed by atoms with E-state index < -0.39 is 0 Å². The van der Waals surface area contributed by atoms with Crippen molar-refractivity contribution in [3.8, 4) is 23.0 Å². The SMILES string of the molecule is COc1cccc2c1[n+](O)c1cccc(O)c1[n+]2O.Nc1[nH][n+](=O)c2ccccc2[n+]1O.Oc1cccc2c1[n+](O)c1cccc(O)c1[n+]2O. The lowest BCUT2D eigenvalue weighted by Gasteiger charge is -2.01. The summed E-state index contributed by atoms with van der Waals surface area (Å²) in [5, 5.41) is 81.5. The quantitative estimate of drug-likeness (QED) is 0.0642. The topological polar surface area (TPSA) is 255 Å². The van der Waals surface area contributed by atoms with E-state index in [1.165, 1.54) is 49.6 Å². The largest absolute Gasteiger partial charge is 0.502 e. The van der Waals surface area contributed by atoms with Crippen LogP contribution in [-0.4, -0.2) is 53.6 Å². The molecule has 0 saturated carbocycles. The van der Waals surface area contributed by atoms with E-state index in [2.05, 4.69) is 5.10 Å². The lowest BCUT2D eigenvalue weighted by atomic mass is 10.2. The smallest absolute Gasteiger partial charge is 0.447 e. The number of aromatic nitrogens is 7. The molecule has 5 aromatic carbocycles. The molecule has 8 aromatic rings. The van der Waals surface area contributed by atoms with Gasteiger partial charge in [0.1, 0.15) is 0 Å². The number of phenolic OH excluding ortho intramolecular Hbond substituents is 3. The van der Waals surface area contributed by atoms with Crippen LogP contribution < -0.4 is 38.7 Å². The summed E-state index contributed by atoms with van der Waals surface area (Å²) in [5.74, 6) is -0.194. The standard InChI is InChI=1S/C13H11N2O4.C12H8N2O4.C7H7N4O2/c1-19-11-7-3-5-9-13(11)15(18)8-4-2-6-10(16)12(8)14(9)17;15-9-5-1-3-7-11(9)14(18)8-4-2-6-10(16)12(8)13(7)17;8-7-9-11(13)6-4-2-1-3-5(6)10(7)12/h2-7,18H,1H3,(H,16,17);1-6,17H,(H-,15,16,18);1-4,12H,(H2,8,9,13)/q+1;;+1/p+4. The van der Waals surface area contributed by atoms with Gasteiger partial charge in [-0.05, 0) is 35.1 Å². The monoisotopic (exact) mass is 686 g/mol. The number of nitrogens with zero attached hydrogens (tertiary/aromatic N) is 6. The number of aromatic hydroxyl groups is 3. The summed E-state index contributed by atoms with van der Waals surface area (Å²) in [6, 6.07) is 25.0. The van der Waals surface area contributed by atoms with Crippen LogP contribution in [0.1, 0.15) is 0 Å². The van der Waals surface area contributed by atoms with Crippen LogP contribution >= 0.6 is 0 Å². The number of ether oxygens (including phenoxy) is 1. The van der Waals surface area contributed by atoms with Crippen LogP contribution in [0.15, 0.2) is 97.1 Å². The third-order valence-electron chi connectivity index (χ3n) is 7.71.